The highest BCUT2D eigenvalue weighted by atomic mass is 127. The Morgan fingerprint density at radius 2 is 2.12 bits per heavy atom. The highest BCUT2D eigenvalue weighted by Gasteiger charge is 2.60. The molecule has 0 bridgehead atoms. The number of amides is 1. The van der Waals surface area contributed by atoms with Gasteiger partial charge < -0.3 is 39.1 Å². The number of aliphatic hydroxyl groups excluding tert-OH is 1. The van der Waals surface area contributed by atoms with Gasteiger partial charge in [-0.05, 0) is 13.0 Å². The standard InChI is InChI=1S/C21H20N4O6S2.HI/c1-9-16-15(10(2)26)19(27)24(16)17(20(28)29)18(9)32-7-12-8-33-21-22(3)14-6-11(25(30)31)4-5-13(14)23(12)21;/h4-6,8-10,15-16,26H,7H2,1-3H3;1H/t9-,10-,15-,16-;/m1./s1. The number of carboxylic acid groups (broad SMARTS) is 1. The largest absolute Gasteiger partial charge is 1.00 e. The predicted octanol–water partition coefficient (Wildman–Crippen LogP) is -0.722. The summed E-state index contributed by atoms with van der Waals surface area (Å²) in [4.78, 5) is 38.2. The maximum atomic E-state index is 12.5. The molecule has 0 saturated carbocycles. The van der Waals surface area contributed by atoms with E-state index in [0.717, 1.165) is 21.7 Å². The second-order valence-corrected chi connectivity index (χ2v) is 10.2. The number of fused-ring (bicyclic) bond motifs is 4. The molecule has 13 heteroatoms. The second kappa shape index (κ2) is 8.77. The molecule has 180 valence electrons. The summed E-state index contributed by atoms with van der Waals surface area (Å²) in [5.41, 5.74) is 2.51. The molecule has 5 rings (SSSR count). The molecule has 0 unspecified atom stereocenters. The molecule has 0 radical (unpaired) electrons. The maximum absolute atomic E-state index is 12.5. The van der Waals surface area contributed by atoms with E-state index < -0.39 is 22.9 Å². The number of non-ortho nitro benzene ring substituents is 1. The van der Waals surface area contributed by atoms with Crippen LogP contribution in [-0.4, -0.2) is 48.5 Å². The fourth-order valence-electron chi connectivity index (χ4n) is 4.99. The number of aliphatic hydroxyl groups is 1. The molecule has 2 aromatic heterocycles. The number of benzene rings is 1. The lowest BCUT2D eigenvalue weighted by Gasteiger charge is -2.46. The van der Waals surface area contributed by atoms with Crippen LogP contribution >= 0.6 is 23.1 Å². The third kappa shape index (κ3) is 3.43. The van der Waals surface area contributed by atoms with E-state index >= 15 is 0 Å². The number of hydrogen-bond acceptors (Lipinski definition) is 7. The number of aliphatic carboxylic acids is 1. The number of thioether (sulfide) groups is 1. The molecule has 1 fully saturated rings. The van der Waals surface area contributed by atoms with Gasteiger partial charge in [-0.15, -0.1) is 11.8 Å². The van der Waals surface area contributed by atoms with Crippen LogP contribution in [0, 0.1) is 22.0 Å². The van der Waals surface area contributed by atoms with Crippen molar-refractivity contribution in [2.24, 2.45) is 18.9 Å². The minimum atomic E-state index is -1.15. The number of nitro benzene ring substituents is 1. The number of nitrogens with zero attached hydrogens (tertiary/aromatic N) is 4. The lowest BCUT2D eigenvalue weighted by atomic mass is 9.79. The van der Waals surface area contributed by atoms with Crippen molar-refractivity contribution in [3.8, 4) is 0 Å². The van der Waals surface area contributed by atoms with Gasteiger partial charge in [0.1, 0.15) is 11.4 Å². The van der Waals surface area contributed by atoms with Crippen LogP contribution in [0.3, 0.4) is 0 Å². The van der Waals surface area contributed by atoms with E-state index in [2.05, 4.69) is 0 Å². The summed E-state index contributed by atoms with van der Waals surface area (Å²) in [6.07, 6.45) is -0.840. The Kier molecular flexibility index (Phi) is 6.42. The molecule has 2 aliphatic heterocycles. The molecule has 34 heavy (non-hydrogen) atoms. The zero-order chi connectivity index (χ0) is 23.8. The van der Waals surface area contributed by atoms with Crippen molar-refractivity contribution in [3.05, 3.63) is 50.0 Å². The third-order valence-electron chi connectivity index (χ3n) is 6.52. The van der Waals surface area contributed by atoms with Crippen molar-refractivity contribution in [2.75, 3.05) is 0 Å². The molecule has 3 aromatic rings. The lowest BCUT2D eigenvalue weighted by molar-refractivity contribution is -0.616. The Morgan fingerprint density at radius 1 is 1.41 bits per heavy atom. The molecule has 2 N–H and O–H groups in total. The number of hydrogen-bond donors (Lipinski definition) is 2. The van der Waals surface area contributed by atoms with Gasteiger partial charge in [0.15, 0.2) is 11.0 Å². The number of carboxylic acids is 1. The van der Waals surface area contributed by atoms with E-state index in [9.17, 15) is 29.9 Å². The molecule has 1 amide bonds. The normalized spacial score (nSPS) is 22.6. The van der Waals surface area contributed by atoms with E-state index in [0.29, 0.717) is 10.7 Å². The summed E-state index contributed by atoms with van der Waals surface area (Å²) >= 11 is 2.88. The van der Waals surface area contributed by atoms with Gasteiger partial charge in [-0.1, -0.05) is 18.3 Å². The number of carbonyl (C=O) groups is 2. The molecule has 1 aromatic carbocycles. The van der Waals surface area contributed by atoms with Crippen molar-refractivity contribution in [2.45, 2.75) is 31.7 Å². The van der Waals surface area contributed by atoms with Crippen LogP contribution in [0.25, 0.3) is 16.0 Å². The van der Waals surface area contributed by atoms with Gasteiger partial charge >= 0.3 is 10.9 Å². The molecule has 4 heterocycles. The topological polar surface area (TPSA) is 129 Å². The van der Waals surface area contributed by atoms with Crippen molar-refractivity contribution < 1.29 is 53.3 Å². The Balaban J connectivity index is 0.00000274. The van der Waals surface area contributed by atoms with E-state index in [4.69, 9.17) is 0 Å². The Bertz CT molecular complexity index is 1400. The first-order valence-corrected chi connectivity index (χ1v) is 12.2. The molecule has 2 aliphatic rings. The van der Waals surface area contributed by atoms with Crippen LogP contribution in [0.15, 0.2) is 34.2 Å². The molecule has 4 atom stereocenters. The number of β-lactam (4-membered cyclic amide) rings is 1. The number of imidazole rings is 1. The maximum Gasteiger partial charge on any atom is 0.353 e. The summed E-state index contributed by atoms with van der Waals surface area (Å²) in [6.45, 7) is 3.45. The summed E-state index contributed by atoms with van der Waals surface area (Å²) < 4.78 is 3.93. The SMILES string of the molecule is C[C@@H](O)[C@H]1C(=O)N2C(C(=O)O)=C(SCc3csc4n3c3ccc([N+](=O)[O-])cc3[n+]4C)[C@H](C)[C@H]12.[I-]. The van der Waals surface area contributed by atoms with Crippen molar-refractivity contribution in [3.63, 3.8) is 0 Å². The van der Waals surface area contributed by atoms with Crippen LogP contribution in [0.4, 0.5) is 5.69 Å². The van der Waals surface area contributed by atoms with Crippen molar-refractivity contribution >= 4 is 56.7 Å². The van der Waals surface area contributed by atoms with Crippen LogP contribution in [0.1, 0.15) is 19.5 Å². The third-order valence-corrected chi connectivity index (χ3v) is 8.90. The number of carbonyl (C=O) groups excluding carboxylic acids is 1. The van der Waals surface area contributed by atoms with Crippen LogP contribution in [0.5, 0.6) is 0 Å². The van der Waals surface area contributed by atoms with Gasteiger partial charge in [0.2, 0.25) is 5.91 Å². The smallest absolute Gasteiger partial charge is 0.353 e. The minimum Gasteiger partial charge on any atom is -1.00 e. The number of thiazole rings is 1. The van der Waals surface area contributed by atoms with E-state index in [1.807, 2.05) is 28.3 Å². The van der Waals surface area contributed by atoms with Crippen molar-refractivity contribution in [1.29, 1.82) is 0 Å². The summed E-state index contributed by atoms with van der Waals surface area (Å²) in [5, 5.41) is 33.0. The van der Waals surface area contributed by atoms with Gasteiger partial charge in [-0.3, -0.25) is 14.9 Å². The quantitative estimate of drug-likeness (QED) is 0.123. The second-order valence-electron chi connectivity index (χ2n) is 8.39. The molecular formula is C21H21IN4O6S2. The molecule has 0 spiro atoms. The minimum absolute atomic E-state index is 0. The van der Waals surface area contributed by atoms with E-state index in [1.54, 1.807) is 19.1 Å². The zero-order valence-corrected chi connectivity index (χ0v) is 22.1. The first kappa shape index (κ1) is 24.9. The first-order valence-electron chi connectivity index (χ1n) is 10.3. The number of aryl methyl sites for hydroxylation is 1. The average Bonchev–Trinajstić information content (AvgIpc) is 3.36. The highest BCUT2D eigenvalue weighted by Crippen LogP contribution is 2.51. The Morgan fingerprint density at radius 3 is 2.74 bits per heavy atom. The number of rotatable bonds is 6. The predicted molar refractivity (Wildman–Crippen MR) is 122 cm³/mol. The molecule has 10 nitrogen and oxygen atoms in total. The number of aromatic nitrogens is 2. The molecule has 1 saturated heterocycles. The lowest BCUT2D eigenvalue weighted by Crippen LogP contribution is -3.00. The van der Waals surface area contributed by atoms with Crippen LogP contribution in [-0.2, 0) is 22.4 Å². The number of nitro groups is 1. The zero-order valence-electron chi connectivity index (χ0n) is 18.3. The summed E-state index contributed by atoms with van der Waals surface area (Å²) in [5.74, 6) is -1.83. The number of halogens is 1. The average molecular weight is 616 g/mol. The van der Waals surface area contributed by atoms with Gasteiger partial charge in [0.05, 0.1) is 41.9 Å². The monoisotopic (exact) mass is 616 g/mol. The Hall–Kier alpha value is -2.23. The fourth-order valence-corrected chi connectivity index (χ4v) is 7.34. The molecular weight excluding hydrogens is 595 g/mol. The Labute approximate surface area is 219 Å². The van der Waals surface area contributed by atoms with Gasteiger partial charge in [-0.25, -0.2) is 9.36 Å². The van der Waals surface area contributed by atoms with Crippen LogP contribution in [0.2, 0.25) is 0 Å². The highest BCUT2D eigenvalue weighted by molar-refractivity contribution is 8.02. The summed E-state index contributed by atoms with van der Waals surface area (Å²) in [6, 6.07) is 4.39. The van der Waals surface area contributed by atoms with Crippen LogP contribution < -0.4 is 28.5 Å². The van der Waals surface area contributed by atoms with Gasteiger partial charge in [0, 0.05) is 22.3 Å². The first-order chi connectivity index (χ1) is 15.6. The van der Waals surface area contributed by atoms with Crippen molar-refractivity contribution in [1.82, 2.24) is 9.30 Å². The van der Waals surface area contributed by atoms with E-state index in [1.165, 1.54) is 34.1 Å². The fraction of sp³-hybridized carbons (Fsp3) is 0.381. The molecule has 0 aliphatic carbocycles. The summed E-state index contributed by atoms with van der Waals surface area (Å²) in [7, 11) is 1.85. The van der Waals surface area contributed by atoms with Gasteiger partial charge in [-0.2, -0.15) is 4.40 Å². The van der Waals surface area contributed by atoms with E-state index in [-0.39, 0.29) is 53.2 Å². The van der Waals surface area contributed by atoms with Gasteiger partial charge in [0.25, 0.3) is 5.69 Å².